The van der Waals surface area contributed by atoms with E-state index in [4.69, 9.17) is 4.42 Å². The molecule has 1 amide bonds. The fourth-order valence-corrected chi connectivity index (χ4v) is 2.46. The number of carbonyl (C=O) groups is 1. The molecule has 0 aliphatic heterocycles. The van der Waals surface area contributed by atoms with Crippen LogP contribution in [0, 0.1) is 13.8 Å². The normalized spacial score (nSPS) is 10.7. The van der Waals surface area contributed by atoms with Gasteiger partial charge in [0.1, 0.15) is 11.5 Å². The van der Waals surface area contributed by atoms with Gasteiger partial charge < -0.3 is 9.73 Å². The summed E-state index contributed by atoms with van der Waals surface area (Å²) in [6.45, 7) is 6.15. The van der Waals surface area contributed by atoms with Gasteiger partial charge in [0, 0.05) is 23.9 Å². The maximum Gasteiger partial charge on any atom is 0.276 e. The van der Waals surface area contributed by atoms with Crippen LogP contribution in [0.5, 0.6) is 0 Å². The summed E-state index contributed by atoms with van der Waals surface area (Å²) in [5.41, 5.74) is 2.15. The van der Waals surface area contributed by atoms with Gasteiger partial charge >= 0.3 is 0 Å². The van der Waals surface area contributed by atoms with Gasteiger partial charge in [0.15, 0.2) is 0 Å². The molecule has 0 bridgehead atoms. The van der Waals surface area contributed by atoms with Crippen molar-refractivity contribution in [2.24, 2.45) is 0 Å². The highest BCUT2D eigenvalue weighted by atomic mass is 16.4. The molecule has 2 heterocycles. The Morgan fingerprint density at radius 1 is 1.23 bits per heavy atom. The Balaban J connectivity index is 1.83. The largest absolute Gasteiger partial charge is 0.441 e. The van der Waals surface area contributed by atoms with Crippen LogP contribution in [-0.4, -0.2) is 20.7 Å². The second kappa shape index (κ2) is 7.35. The molecule has 0 spiro atoms. The summed E-state index contributed by atoms with van der Waals surface area (Å²) < 4.78 is 6.92. The van der Waals surface area contributed by atoms with Gasteiger partial charge in [-0.05, 0) is 44.5 Å². The molecular weight excluding hydrogens is 332 g/mol. The van der Waals surface area contributed by atoms with Gasteiger partial charge in [-0.2, -0.15) is 5.10 Å². The van der Waals surface area contributed by atoms with E-state index >= 15 is 0 Å². The van der Waals surface area contributed by atoms with Crippen LogP contribution in [0.2, 0.25) is 0 Å². The molecule has 0 aliphatic rings. The van der Waals surface area contributed by atoms with E-state index < -0.39 is 0 Å². The maximum absolute atomic E-state index is 12.5. The predicted octanol–water partition coefficient (Wildman–Crippen LogP) is 3.18. The fraction of sp³-hybridized carbons (Fsp3) is 0.263. The van der Waals surface area contributed by atoms with Gasteiger partial charge in [-0.1, -0.05) is 13.0 Å². The van der Waals surface area contributed by atoms with Crippen LogP contribution in [0.3, 0.4) is 0 Å². The molecule has 3 rings (SSSR count). The van der Waals surface area contributed by atoms with Gasteiger partial charge in [0.2, 0.25) is 5.89 Å². The van der Waals surface area contributed by atoms with Crippen molar-refractivity contribution in [2.45, 2.75) is 33.7 Å². The number of nitrogens with one attached hydrogen (secondary N) is 1. The van der Waals surface area contributed by atoms with Crippen LogP contribution in [0.25, 0.3) is 11.5 Å². The average Bonchev–Trinajstić information content (AvgIpc) is 2.96. The zero-order valence-electron chi connectivity index (χ0n) is 14.9. The molecule has 7 heteroatoms. The lowest BCUT2D eigenvalue weighted by Crippen LogP contribution is -2.26. The Morgan fingerprint density at radius 3 is 2.73 bits per heavy atom. The summed E-state index contributed by atoms with van der Waals surface area (Å²) in [4.78, 5) is 28.6. The van der Waals surface area contributed by atoms with Crippen molar-refractivity contribution in [3.63, 3.8) is 0 Å². The predicted molar refractivity (Wildman–Crippen MR) is 98.2 cm³/mol. The van der Waals surface area contributed by atoms with Crippen LogP contribution in [-0.2, 0) is 6.54 Å². The first kappa shape index (κ1) is 17.6. The van der Waals surface area contributed by atoms with E-state index in [1.54, 1.807) is 12.1 Å². The van der Waals surface area contributed by atoms with Crippen molar-refractivity contribution in [3.8, 4) is 11.5 Å². The minimum absolute atomic E-state index is 0.186. The molecule has 1 N–H and O–H groups in total. The van der Waals surface area contributed by atoms with Crippen LogP contribution in [0.4, 0.5) is 5.69 Å². The molecule has 1 aromatic carbocycles. The summed E-state index contributed by atoms with van der Waals surface area (Å²) in [5.74, 6) is 0.884. The lowest BCUT2D eigenvalue weighted by Gasteiger charge is -2.08. The van der Waals surface area contributed by atoms with E-state index in [0.29, 0.717) is 18.1 Å². The third-order valence-electron chi connectivity index (χ3n) is 3.93. The molecule has 2 aromatic heterocycles. The minimum Gasteiger partial charge on any atom is -0.441 e. The number of anilines is 1. The standard InChI is InChI=1S/C19H20N4O3/c1-4-10-23-17(24)9-8-16(22-23)18(25)21-15-7-5-6-14(11-15)19-20-12(2)13(3)26-19/h5-9,11H,4,10H2,1-3H3,(H,21,25). The molecule has 0 fully saturated rings. The number of nitrogens with zero attached hydrogens (tertiary/aromatic N) is 3. The Morgan fingerprint density at radius 2 is 2.04 bits per heavy atom. The number of hydrogen-bond donors (Lipinski definition) is 1. The average molecular weight is 352 g/mol. The first-order valence-electron chi connectivity index (χ1n) is 8.42. The molecule has 0 saturated carbocycles. The van der Waals surface area contributed by atoms with Gasteiger partial charge in [-0.15, -0.1) is 0 Å². The zero-order chi connectivity index (χ0) is 18.7. The van der Waals surface area contributed by atoms with Crippen molar-refractivity contribution < 1.29 is 9.21 Å². The highest BCUT2D eigenvalue weighted by Gasteiger charge is 2.12. The van der Waals surface area contributed by atoms with Crippen LogP contribution in [0.1, 0.15) is 35.3 Å². The quantitative estimate of drug-likeness (QED) is 0.762. The number of amides is 1. The lowest BCUT2D eigenvalue weighted by molar-refractivity contribution is 0.101. The lowest BCUT2D eigenvalue weighted by atomic mass is 10.2. The molecular formula is C19H20N4O3. The molecule has 26 heavy (non-hydrogen) atoms. The maximum atomic E-state index is 12.5. The number of benzene rings is 1. The topological polar surface area (TPSA) is 90.0 Å². The van der Waals surface area contributed by atoms with E-state index in [9.17, 15) is 9.59 Å². The second-order valence-corrected chi connectivity index (χ2v) is 5.98. The van der Waals surface area contributed by atoms with Crippen molar-refractivity contribution in [1.29, 1.82) is 0 Å². The smallest absolute Gasteiger partial charge is 0.276 e. The van der Waals surface area contributed by atoms with Crippen molar-refractivity contribution in [3.05, 3.63) is 63.9 Å². The highest BCUT2D eigenvalue weighted by molar-refractivity contribution is 6.02. The van der Waals surface area contributed by atoms with E-state index in [2.05, 4.69) is 15.4 Å². The van der Waals surface area contributed by atoms with Crippen LogP contribution < -0.4 is 10.9 Å². The van der Waals surface area contributed by atoms with E-state index in [0.717, 1.165) is 23.4 Å². The Hall–Kier alpha value is -3.22. The SMILES string of the molecule is CCCn1nc(C(=O)Nc2cccc(-c3nc(C)c(C)o3)c2)ccc1=O. The number of oxazole rings is 1. The number of carbonyl (C=O) groups excluding carboxylic acids is 1. The molecule has 0 unspecified atom stereocenters. The zero-order valence-corrected chi connectivity index (χ0v) is 14.9. The van der Waals surface area contributed by atoms with Gasteiger partial charge in [-0.25, -0.2) is 9.67 Å². The van der Waals surface area contributed by atoms with Gasteiger partial charge in [0.25, 0.3) is 11.5 Å². The first-order chi connectivity index (χ1) is 12.5. The summed E-state index contributed by atoms with van der Waals surface area (Å²) in [5, 5.41) is 6.91. The molecule has 3 aromatic rings. The molecule has 0 atom stereocenters. The molecule has 134 valence electrons. The monoisotopic (exact) mass is 352 g/mol. The van der Waals surface area contributed by atoms with Crippen molar-refractivity contribution in [1.82, 2.24) is 14.8 Å². The summed E-state index contributed by atoms with van der Waals surface area (Å²) in [7, 11) is 0. The van der Waals surface area contributed by atoms with Crippen LogP contribution in [0.15, 0.2) is 45.6 Å². The molecule has 7 nitrogen and oxygen atoms in total. The van der Waals surface area contributed by atoms with Gasteiger partial charge in [0.05, 0.1) is 5.69 Å². The Labute approximate surface area is 150 Å². The Kier molecular flexibility index (Phi) is 4.97. The summed E-state index contributed by atoms with van der Waals surface area (Å²) in [6.07, 6.45) is 0.759. The van der Waals surface area contributed by atoms with Crippen molar-refractivity contribution in [2.75, 3.05) is 5.32 Å². The van der Waals surface area contributed by atoms with Crippen LogP contribution >= 0.6 is 0 Å². The van der Waals surface area contributed by atoms with E-state index in [1.165, 1.54) is 16.8 Å². The number of aryl methyl sites for hydroxylation is 3. The van der Waals surface area contributed by atoms with Gasteiger partial charge in [-0.3, -0.25) is 9.59 Å². The minimum atomic E-state index is -0.383. The molecule has 0 aliphatic carbocycles. The second-order valence-electron chi connectivity index (χ2n) is 5.98. The number of rotatable bonds is 5. The molecule has 0 radical (unpaired) electrons. The van der Waals surface area contributed by atoms with E-state index in [-0.39, 0.29) is 17.2 Å². The first-order valence-corrected chi connectivity index (χ1v) is 8.42. The molecule has 0 saturated heterocycles. The summed E-state index contributed by atoms with van der Waals surface area (Å²) in [6, 6.07) is 10.0. The number of aromatic nitrogens is 3. The fourth-order valence-electron chi connectivity index (χ4n) is 2.46. The third-order valence-corrected chi connectivity index (χ3v) is 3.93. The number of hydrogen-bond acceptors (Lipinski definition) is 5. The van der Waals surface area contributed by atoms with Crippen molar-refractivity contribution >= 4 is 11.6 Å². The Bertz CT molecular complexity index is 985. The third kappa shape index (κ3) is 3.72. The highest BCUT2D eigenvalue weighted by Crippen LogP contribution is 2.24. The summed E-state index contributed by atoms with van der Waals surface area (Å²) >= 11 is 0. The van der Waals surface area contributed by atoms with E-state index in [1.807, 2.05) is 32.9 Å².